The van der Waals surface area contributed by atoms with E-state index in [1.807, 2.05) is 44.2 Å². The van der Waals surface area contributed by atoms with Gasteiger partial charge in [0.15, 0.2) is 0 Å². The second kappa shape index (κ2) is 8.14. The maximum absolute atomic E-state index is 12.6. The molecule has 0 spiro atoms. The summed E-state index contributed by atoms with van der Waals surface area (Å²) in [4.78, 5) is 26.2. The molecule has 1 fully saturated rings. The first-order valence-electron chi connectivity index (χ1n) is 9.57. The van der Waals surface area contributed by atoms with Gasteiger partial charge in [-0.05, 0) is 37.8 Å². The third-order valence-corrected chi connectivity index (χ3v) is 5.93. The zero-order valence-corrected chi connectivity index (χ0v) is 16.3. The van der Waals surface area contributed by atoms with E-state index in [9.17, 15) is 19.8 Å². The Balaban J connectivity index is 1.64. The maximum Gasteiger partial charge on any atom is 0.312 e. The summed E-state index contributed by atoms with van der Waals surface area (Å²) in [6, 6.07) is 9.31. The first-order valence-corrected chi connectivity index (χ1v) is 9.57. The summed E-state index contributed by atoms with van der Waals surface area (Å²) in [5.41, 5.74) is 2.51. The van der Waals surface area contributed by atoms with Crippen LogP contribution in [0.2, 0.25) is 0 Å². The van der Waals surface area contributed by atoms with E-state index in [0.29, 0.717) is 13.0 Å². The second-order valence-corrected chi connectivity index (χ2v) is 7.65. The van der Waals surface area contributed by atoms with Gasteiger partial charge in [-0.3, -0.25) is 14.7 Å². The normalized spacial score (nSPS) is 22.2. The van der Waals surface area contributed by atoms with Crippen molar-refractivity contribution in [2.24, 2.45) is 5.41 Å². The van der Waals surface area contributed by atoms with Crippen LogP contribution in [0.5, 0.6) is 0 Å². The topological polar surface area (TPSA) is 107 Å². The number of aromatic amines is 1. The number of aryl methyl sites for hydroxylation is 2. The van der Waals surface area contributed by atoms with E-state index in [0.717, 1.165) is 22.5 Å². The highest BCUT2D eigenvalue weighted by atomic mass is 16.4. The van der Waals surface area contributed by atoms with E-state index >= 15 is 0 Å². The molecule has 0 aliphatic carbocycles. The number of carbonyl (C=O) groups excluding carboxylic acids is 1. The molecule has 150 valence electrons. The lowest BCUT2D eigenvalue weighted by Gasteiger charge is -2.43. The highest BCUT2D eigenvalue weighted by Crippen LogP contribution is 2.36. The number of amides is 1. The van der Waals surface area contributed by atoms with Gasteiger partial charge < -0.3 is 15.1 Å². The van der Waals surface area contributed by atoms with Crippen molar-refractivity contribution in [3.05, 3.63) is 52.8 Å². The van der Waals surface area contributed by atoms with Gasteiger partial charge in [0.25, 0.3) is 0 Å². The number of nitrogens with one attached hydrogen (secondary N) is 1. The Hall–Kier alpha value is -2.67. The van der Waals surface area contributed by atoms with E-state index in [2.05, 4.69) is 10.2 Å². The average molecular weight is 385 g/mol. The Bertz CT molecular complexity index is 849. The molecule has 7 nitrogen and oxygen atoms in total. The standard InChI is InChI=1S/C21H27N3O4/c1-14-15(2)22-23-17(14)8-9-19(26)24-11-10-21(20(27)28,18(25)13-24)12-16-6-4-3-5-7-16/h3-7,18,25H,8-13H2,1-2H3,(H,22,23)(H,27,28)/t18-,21+/m0/s1. The predicted molar refractivity (Wildman–Crippen MR) is 104 cm³/mol. The SMILES string of the molecule is Cc1[nH]nc(CCC(=O)N2CC[C@](Cc3ccccc3)(C(=O)O)[C@@H](O)C2)c1C. The monoisotopic (exact) mass is 385 g/mol. The summed E-state index contributed by atoms with van der Waals surface area (Å²) in [5, 5.41) is 27.7. The molecule has 2 heterocycles. The molecule has 3 N–H and O–H groups in total. The van der Waals surface area contributed by atoms with Gasteiger partial charge in [-0.15, -0.1) is 0 Å². The zero-order valence-electron chi connectivity index (χ0n) is 16.3. The zero-order chi connectivity index (χ0) is 20.3. The molecule has 1 aliphatic rings. The lowest BCUT2D eigenvalue weighted by atomic mass is 9.71. The van der Waals surface area contributed by atoms with E-state index < -0.39 is 17.5 Å². The molecule has 1 aromatic carbocycles. The number of likely N-dealkylation sites (tertiary alicyclic amines) is 1. The lowest BCUT2D eigenvalue weighted by Crippen LogP contribution is -2.57. The van der Waals surface area contributed by atoms with Crippen molar-refractivity contribution in [1.82, 2.24) is 15.1 Å². The number of rotatable bonds is 6. The minimum atomic E-state index is -1.27. The van der Waals surface area contributed by atoms with Crippen LogP contribution >= 0.6 is 0 Å². The van der Waals surface area contributed by atoms with Crippen molar-refractivity contribution in [2.75, 3.05) is 13.1 Å². The molecule has 0 unspecified atom stereocenters. The Labute approximate surface area is 164 Å². The summed E-state index contributed by atoms with van der Waals surface area (Å²) in [7, 11) is 0. The lowest BCUT2D eigenvalue weighted by molar-refractivity contribution is -0.166. The number of β-amino-alcohol motifs (C(OH)–C–C–N with tert-alkyl or cyclic N) is 1. The van der Waals surface area contributed by atoms with E-state index in [4.69, 9.17) is 0 Å². The third-order valence-electron chi connectivity index (χ3n) is 5.93. The summed E-state index contributed by atoms with van der Waals surface area (Å²) in [6.07, 6.45) is 0.173. The number of aliphatic carboxylic acids is 1. The van der Waals surface area contributed by atoms with Gasteiger partial charge in [-0.25, -0.2) is 0 Å². The van der Waals surface area contributed by atoms with Crippen LogP contribution in [0.3, 0.4) is 0 Å². The van der Waals surface area contributed by atoms with Gasteiger partial charge in [0.1, 0.15) is 5.41 Å². The van der Waals surface area contributed by atoms with Crippen molar-refractivity contribution < 1.29 is 19.8 Å². The second-order valence-electron chi connectivity index (χ2n) is 7.65. The molecule has 0 bridgehead atoms. The Morgan fingerprint density at radius 2 is 2.00 bits per heavy atom. The van der Waals surface area contributed by atoms with Crippen LogP contribution in [0.25, 0.3) is 0 Å². The van der Waals surface area contributed by atoms with Gasteiger partial charge in [0.2, 0.25) is 5.91 Å². The van der Waals surface area contributed by atoms with Gasteiger partial charge in [0, 0.05) is 31.6 Å². The summed E-state index contributed by atoms with van der Waals surface area (Å²) in [6.45, 7) is 4.27. The molecule has 1 saturated heterocycles. The smallest absolute Gasteiger partial charge is 0.312 e. The molecular weight excluding hydrogens is 358 g/mol. The quantitative estimate of drug-likeness (QED) is 0.704. The predicted octanol–water partition coefficient (Wildman–Crippen LogP) is 1.87. The van der Waals surface area contributed by atoms with Crippen LogP contribution in [0.4, 0.5) is 0 Å². The van der Waals surface area contributed by atoms with Gasteiger partial charge in [0.05, 0.1) is 11.8 Å². The molecule has 1 aromatic heterocycles. The molecule has 1 amide bonds. The highest BCUT2D eigenvalue weighted by molar-refractivity contribution is 5.79. The van der Waals surface area contributed by atoms with Crippen molar-refractivity contribution in [3.63, 3.8) is 0 Å². The first kappa shape index (κ1) is 20.1. The fraction of sp³-hybridized carbons (Fsp3) is 0.476. The minimum absolute atomic E-state index is 0.0382. The van der Waals surface area contributed by atoms with Gasteiger partial charge in [-0.1, -0.05) is 30.3 Å². The largest absolute Gasteiger partial charge is 0.481 e. The number of aliphatic hydroxyl groups is 1. The van der Waals surface area contributed by atoms with Crippen LogP contribution in [0.15, 0.2) is 30.3 Å². The number of aliphatic hydroxyl groups excluding tert-OH is 1. The van der Waals surface area contributed by atoms with E-state index in [1.165, 1.54) is 0 Å². The van der Waals surface area contributed by atoms with Crippen molar-refractivity contribution in [1.29, 1.82) is 0 Å². The number of benzene rings is 1. The third kappa shape index (κ3) is 3.94. The Morgan fingerprint density at radius 3 is 2.57 bits per heavy atom. The number of carboxylic acids is 1. The van der Waals surface area contributed by atoms with Crippen molar-refractivity contribution >= 4 is 11.9 Å². The Morgan fingerprint density at radius 1 is 1.29 bits per heavy atom. The highest BCUT2D eigenvalue weighted by Gasteiger charge is 2.49. The molecule has 3 rings (SSSR count). The van der Waals surface area contributed by atoms with Crippen LogP contribution in [0, 0.1) is 19.3 Å². The van der Waals surface area contributed by atoms with Crippen LogP contribution in [0.1, 0.15) is 35.4 Å². The number of aromatic nitrogens is 2. The first-order chi connectivity index (χ1) is 13.3. The van der Waals surface area contributed by atoms with Crippen LogP contribution in [-0.4, -0.2) is 56.4 Å². The van der Waals surface area contributed by atoms with Crippen LogP contribution < -0.4 is 0 Å². The fourth-order valence-corrected chi connectivity index (χ4v) is 3.86. The number of nitrogens with zero attached hydrogens (tertiary/aromatic N) is 2. The van der Waals surface area contributed by atoms with Gasteiger partial charge >= 0.3 is 5.97 Å². The number of carboxylic acid groups (broad SMARTS) is 1. The number of piperidine rings is 1. The maximum atomic E-state index is 12.6. The molecule has 2 atom stereocenters. The molecule has 7 heteroatoms. The molecule has 0 radical (unpaired) electrons. The summed E-state index contributed by atoms with van der Waals surface area (Å²) >= 11 is 0. The Kier molecular flexibility index (Phi) is 5.84. The molecule has 2 aromatic rings. The van der Waals surface area contributed by atoms with Crippen molar-refractivity contribution in [2.45, 2.75) is 45.6 Å². The van der Waals surface area contributed by atoms with E-state index in [-0.39, 0.29) is 31.7 Å². The number of hydrogen-bond donors (Lipinski definition) is 3. The molecule has 28 heavy (non-hydrogen) atoms. The molecule has 1 aliphatic heterocycles. The number of H-pyrrole nitrogens is 1. The van der Waals surface area contributed by atoms with E-state index in [1.54, 1.807) is 4.90 Å². The number of hydrogen-bond acceptors (Lipinski definition) is 4. The summed E-state index contributed by atoms with van der Waals surface area (Å²) < 4.78 is 0. The molecular formula is C21H27N3O4. The van der Waals surface area contributed by atoms with Crippen molar-refractivity contribution in [3.8, 4) is 0 Å². The number of carbonyl (C=O) groups is 2. The molecule has 0 saturated carbocycles. The van der Waals surface area contributed by atoms with Gasteiger partial charge in [-0.2, -0.15) is 5.10 Å². The van der Waals surface area contributed by atoms with Crippen LogP contribution in [-0.2, 0) is 22.4 Å². The minimum Gasteiger partial charge on any atom is -0.481 e. The summed E-state index contributed by atoms with van der Waals surface area (Å²) in [5.74, 6) is -1.10. The fourth-order valence-electron chi connectivity index (χ4n) is 3.86. The average Bonchev–Trinajstić information content (AvgIpc) is 3.00.